The molecule has 0 aliphatic heterocycles. The fraction of sp³-hybridized carbons (Fsp3) is 0.333. The normalized spacial score (nSPS) is 10.4. The number of thioether (sulfide) groups is 1. The second-order valence-electron chi connectivity index (χ2n) is 3.46. The van der Waals surface area contributed by atoms with E-state index >= 15 is 0 Å². The Labute approximate surface area is 110 Å². The Morgan fingerprint density at radius 1 is 1.29 bits per heavy atom. The first-order valence-corrected chi connectivity index (χ1v) is 7.38. The van der Waals surface area contributed by atoms with Gasteiger partial charge in [0.05, 0.1) is 0 Å². The number of nitrogens with one attached hydrogen (secondary N) is 1. The fourth-order valence-corrected chi connectivity index (χ4v) is 2.78. The zero-order chi connectivity index (χ0) is 11.9. The van der Waals surface area contributed by atoms with Crippen molar-refractivity contribution in [3.63, 3.8) is 0 Å². The van der Waals surface area contributed by atoms with Gasteiger partial charge in [-0.3, -0.25) is 0 Å². The Bertz CT molecular complexity index is 442. The number of nitrogens with zero attached hydrogens (tertiary/aromatic N) is 2. The summed E-state index contributed by atoms with van der Waals surface area (Å²) in [5.41, 5.74) is 0. The van der Waals surface area contributed by atoms with Gasteiger partial charge in [0.15, 0.2) is 0 Å². The molecule has 1 aromatic heterocycles. The lowest BCUT2D eigenvalue weighted by Crippen LogP contribution is -2.03. The average Bonchev–Trinajstić information content (AvgIpc) is 2.84. The molecule has 2 rings (SSSR count). The van der Waals surface area contributed by atoms with Crippen molar-refractivity contribution in [3.05, 3.63) is 36.2 Å². The smallest absolute Gasteiger partial charge is 0.202 e. The first kappa shape index (κ1) is 12.4. The minimum absolute atomic E-state index is 0.900. The molecule has 2 aromatic rings. The molecule has 1 N–H and O–H groups in total. The number of hydrogen-bond acceptors (Lipinski definition) is 5. The summed E-state index contributed by atoms with van der Waals surface area (Å²) in [6, 6.07) is 10.4. The minimum Gasteiger partial charge on any atom is -0.359 e. The Morgan fingerprint density at radius 3 is 2.82 bits per heavy atom. The van der Waals surface area contributed by atoms with Crippen LogP contribution in [0.15, 0.2) is 35.2 Å². The van der Waals surface area contributed by atoms with Crippen LogP contribution >= 0.6 is 23.3 Å². The van der Waals surface area contributed by atoms with Crippen molar-refractivity contribution in [2.24, 2.45) is 0 Å². The summed E-state index contributed by atoms with van der Waals surface area (Å²) in [6.07, 6.45) is 0.900. The van der Waals surface area contributed by atoms with Gasteiger partial charge in [0.2, 0.25) is 5.13 Å². The molecular weight excluding hydrogens is 250 g/mol. The highest BCUT2D eigenvalue weighted by Gasteiger charge is 2.00. The van der Waals surface area contributed by atoms with Crippen molar-refractivity contribution < 1.29 is 0 Å². The van der Waals surface area contributed by atoms with E-state index in [1.807, 2.05) is 17.8 Å². The number of benzene rings is 1. The monoisotopic (exact) mass is 265 g/mol. The van der Waals surface area contributed by atoms with E-state index in [1.54, 1.807) is 0 Å². The zero-order valence-corrected chi connectivity index (χ0v) is 11.4. The summed E-state index contributed by atoms with van der Waals surface area (Å²) < 4.78 is 4.23. The number of hydrogen-bond donors (Lipinski definition) is 1. The highest BCUT2D eigenvalue weighted by Crippen LogP contribution is 2.17. The number of aromatic nitrogens is 2. The van der Waals surface area contributed by atoms with Crippen LogP contribution in [0, 0.1) is 0 Å². The highest BCUT2D eigenvalue weighted by atomic mass is 32.2. The van der Waals surface area contributed by atoms with E-state index in [4.69, 9.17) is 0 Å². The molecule has 0 aliphatic carbocycles. The fourth-order valence-electron chi connectivity index (χ4n) is 1.31. The lowest BCUT2D eigenvalue weighted by molar-refractivity contribution is 0.996. The molecule has 1 heterocycles. The molecule has 0 unspecified atom stereocenters. The number of rotatable bonds is 6. The molecule has 0 radical (unpaired) electrons. The van der Waals surface area contributed by atoms with E-state index in [0.717, 1.165) is 29.7 Å². The molecule has 17 heavy (non-hydrogen) atoms. The van der Waals surface area contributed by atoms with Gasteiger partial charge in [-0.05, 0) is 12.1 Å². The van der Waals surface area contributed by atoms with Crippen molar-refractivity contribution in [2.75, 3.05) is 17.6 Å². The first-order valence-electron chi connectivity index (χ1n) is 5.63. The van der Waals surface area contributed by atoms with Gasteiger partial charge in [-0.25, -0.2) is 4.98 Å². The zero-order valence-electron chi connectivity index (χ0n) is 9.72. The largest absolute Gasteiger partial charge is 0.359 e. The van der Waals surface area contributed by atoms with Gasteiger partial charge in [-0.15, -0.1) is 11.8 Å². The van der Waals surface area contributed by atoms with Gasteiger partial charge in [0, 0.05) is 35.1 Å². The van der Waals surface area contributed by atoms with Gasteiger partial charge in [-0.2, -0.15) is 4.37 Å². The van der Waals surface area contributed by atoms with Gasteiger partial charge in [-0.1, -0.05) is 25.1 Å². The first-order chi connectivity index (χ1) is 8.38. The molecule has 0 spiro atoms. The minimum atomic E-state index is 0.900. The Balaban J connectivity index is 1.69. The van der Waals surface area contributed by atoms with Crippen LogP contribution in [0.5, 0.6) is 0 Å². The third-order valence-corrected chi connectivity index (χ3v) is 3.90. The standard InChI is InChI=1S/C12H15N3S2/c1-2-11-14-12(17-15-11)13-8-9-16-10-6-4-3-5-7-10/h3-7H,2,8-9H2,1H3,(H,13,14,15). The van der Waals surface area contributed by atoms with E-state index in [1.165, 1.54) is 16.4 Å². The predicted molar refractivity (Wildman–Crippen MR) is 74.9 cm³/mol. The molecule has 0 aliphatic rings. The summed E-state index contributed by atoms with van der Waals surface area (Å²) >= 11 is 3.29. The molecule has 0 atom stereocenters. The van der Waals surface area contributed by atoms with Crippen LogP contribution in [-0.2, 0) is 6.42 Å². The quantitative estimate of drug-likeness (QED) is 0.642. The lowest BCUT2D eigenvalue weighted by atomic mass is 10.4. The van der Waals surface area contributed by atoms with Crippen LogP contribution in [0.3, 0.4) is 0 Å². The van der Waals surface area contributed by atoms with Crippen molar-refractivity contribution in [1.82, 2.24) is 9.36 Å². The molecule has 0 amide bonds. The lowest BCUT2D eigenvalue weighted by Gasteiger charge is -2.02. The van der Waals surface area contributed by atoms with E-state index in [9.17, 15) is 0 Å². The van der Waals surface area contributed by atoms with Gasteiger partial charge in [0.1, 0.15) is 5.82 Å². The van der Waals surface area contributed by atoms with Gasteiger partial charge < -0.3 is 5.32 Å². The highest BCUT2D eigenvalue weighted by molar-refractivity contribution is 7.99. The van der Waals surface area contributed by atoms with E-state index in [0.29, 0.717) is 0 Å². The van der Waals surface area contributed by atoms with E-state index in [-0.39, 0.29) is 0 Å². The molecule has 0 saturated heterocycles. The van der Waals surface area contributed by atoms with Crippen LogP contribution < -0.4 is 5.32 Å². The summed E-state index contributed by atoms with van der Waals surface area (Å²) in [4.78, 5) is 5.67. The summed E-state index contributed by atoms with van der Waals surface area (Å²) in [7, 11) is 0. The summed E-state index contributed by atoms with van der Waals surface area (Å²) in [6.45, 7) is 2.98. The maximum absolute atomic E-state index is 4.36. The second-order valence-corrected chi connectivity index (χ2v) is 5.38. The van der Waals surface area contributed by atoms with Crippen LogP contribution in [-0.4, -0.2) is 21.7 Å². The van der Waals surface area contributed by atoms with Gasteiger partial charge in [0.25, 0.3) is 0 Å². The maximum atomic E-state index is 4.36. The molecule has 5 heteroatoms. The molecule has 0 saturated carbocycles. The van der Waals surface area contributed by atoms with Crippen molar-refractivity contribution in [2.45, 2.75) is 18.2 Å². The summed E-state index contributed by atoms with van der Waals surface area (Å²) in [5.74, 6) is 1.96. The van der Waals surface area contributed by atoms with E-state index in [2.05, 4.69) is 45.9 Å². The Kier molecular flexibility index (Phi) is 4.82. The SMILES string of the molecule is CCc1nsc(NCCSc2ccccc2)n1. The maximum Gasteiger partial charge on any atom is 0.202 e. The number of anilines is 1. The second kappa shape index (κ2) is 6.61. The third-order valence-electron chi connectivity index (χ3n) is 2.17. The van der Waals surface area contributed by atoms with Crippen molar-refractivity contribution in [3.8, 4) is 0 Å². The Hall–Kier alpha value is -1.07. The molecular formula is C12H15N3S2. The average molecular weight is 265 g/mol. The van der Waals surface area contributed by atoms with E-state index < -0.39 is 0 Å². The molecule has 0 bridgehead atoms. The molecule has 90 valence electrons. The summed E-state index contributed by atoms with van der Waals surface area (Å²) in [5, 5.41) is 4.22. The van der Waals surface area contributed by atoms with Gasteiger partial charge >= 0.3 is 0 Å². The topological polar surface area (TPSA) is 37.8 Å². The predicted octanol–water partition coefficient (Wildman–Crippen LogP) is 3.30. The van der Waals surface area contributed by atoms with Crippen LogP contribution in [0.25, 0.3) is 0 Å². The van der Waals surface area contributed by atoms with Crippen LogP contribution in [0.4, 0.5) is 5.13 Å². The molecule has 3 nitrogen and oxygen atoms in total. The van der Waals surface area contributed by atoms with Crippen LogP contribution in [0.1, 0.15) is 12.7 Å². The Morgan fingerprint density at radius 2 is 2.12 bits per heavy atom. The van der Waals surface area contributed by atoms with Crippen molar-refractivity contribution in [1.29, 1.82) is 0 Å². The third kappa shape index (κ3) is 4.02. The molecule has 1 aromatic carbocycles. The molecule has 0 fully saturated rings. The van der Waals surface area contributed by atoms with Crippen molar-refractivity contribution >= 4 is 28.4 Å². The number of aryl methyl sites for hydroxylation is 1. The van der Waals surface area contributed by atoms with Crippen LogP contribution in [0.2, 0.25) is 0 Å².